The number of aromatic amines is 2. The Labute approximate surface area is 129 Å². The summed E-state index contributed by atoms with van der Waals surface area (Å²) < 4.78 is 0. The maximum Gasteiger partial charge on any atom is 0.275 e. The zero-order valence-corrected chi connectivity index (χ0v) is 13.2. The zero-order chi connectivity index (χ0) is 15.7. The van der Waals surface area contributed by atoms with Crippen molar-refractivity contribution < 1.29 is 5.11 Å². The third-order valence-corrected chi connectivity index (χ3v) is 4.54. The number of β-amino-alcohol motifs (C(OH)–C–C–N with tert-alkyl or cyclic N) is 1. The average molecular weight is 304 g/mol. The van der Waals surface area contributed by atoms with Crippen molar-refractivity contribution in [1.29, 1.82) is 0 Å². The van der Waals surface area contributed by atoms with Gasteiger partial charge in [-0.05, 0) is 18.3 Å². The highest BCUT2D eigenvalue weighted by molar-refractivity contribution is 5.77. The van der Waals surface area contributed by atoms with Gasteiger partial charge in [0.2, 0.25) is 0 Å². The minimum Gasteiger partial charge on any atom is -0.391 e. The number of hydrogen-bond donors (Lipinski definition) is 3. The molecule has 6 nitrogen and oxygen atoms in total. The number of fused-ring (bicyclic) bond motifs is 1. The highest BCUT2D eigenvalue weighted by atomic mass is 16.3. The van der Waals surface area contributed by atoms with E-state index in [0.717, 1.165) is 30.5 Å². The van der Waals surface area contributed by atoms with Crippen molar-refractivity contribution >= 4 is 11.0 Å². The van der Waals surface area contributed by atoms with Crippen LogP contribution in [0.1, 0.15) is 32.3 Å². The van der Waals surface area contributed by atoms with Gasteiger partial charge in [-0.2, -0.15) is 0 Å². The standard InChI is InChI=1S/C16H24N4O2/c1-10(2)3-4-11-6-20(8-13(11)21)7-12-5-17-15-14(12)18-9-19-16(15)22/h5,9-11,13,17,21H,3-4,6-8H2,1-2H3,(H,18,19,22)/t11-,13+/m1/s1. The van der Waals surface area contributed by atoms with Gasteiger partial charge in [-0.25, -0.2) is 4.98 Å². The van der Waals surface area contributed by atoms with Crippen molar-refractivity contribution in [2.45, 2.75) is 39.3 Å². The molecule has 0 saturated carbocycles. The van der Waals surface area contributed by atoms with E-state index < -0.39 is 0 Å². The normalized spacial score (nSPS) is 22.9. The predicted molar refractivity (Wildman–Crippen MR) is 85.6 cm³/mol. The molecule has 3 rings (SSSR count). The van der Waals surface area contributed by atoms with Crippen molar-refractivity contribution in [3.63, 3.8) is 0 Å². The summed E-state index contributed by atoms with van der Waals surface area (Å²) in [6.07, 6.45) is 5.26. The summed E-state index contributed by atoms with van der Waals surface area (Å²) in [5, 5.41) is 10.2. The molecule has 1 aliphatic heterocycles. The topological polar surface area (TPSA) is 85.0 Å². The minimum absolute atomic E-state index is 0.146. The summed E-state index contributed by atoms with van der Waals surface area (Å²) in [5.41, 5.74) is 2.11. The monoisotopic (exact) mass is 304 g/mol. The van der Waals surface area contributed by atoms with E-state index in [0.29, 0.717) is 30.4 Å². The lowest BCUT2D eigenvalue weighted by molar-refractivity contribution is 0.134. The van der Waals surface area contributed by atoms with Crippen molar-refractivity contribution in [2.75, 3.05) is 13.1 Å². The van der Waals surface area contributed by atoms with Crippen LogP contribution in [0.4, 0.5) is 0 Å². The van der Waals surface area contributed by atoms with Crippen molar-refractivity contribution in [2.24, 2.45) is 11.8 Å². The van der Waals surface area contributed by atoms with Crippen molar-refractivity contribution in [3.8, 4) is 0 Å². The number of likely N-dealkylation sites (tertiary alicyclic amines) is 1. The van der Waals surface area contributed by atoms with Crippen LogP contribution in [0.5, 0.6) is 0 Å². The van der Waals surface area contributed by atoms with Crippen LogP contribution in [-0.4, -0.2) is 44.2 Å². The minimum atomic E-state index is -0.250. The summed E-state index contributed by atoms with van der Waals surface area (Å²) in [4.78, 5) is 23.8. The fraction of sp³-hybridized carbons (Fsp3) is 0.625. The molecule has 2 aromatic rings. The second-order valence-corrected chi connectivity index (χ2v) is 6.76. The lowest BCUT2D eigenvalue weighted by Crippen LogP contribution is -2.21. The first kappa shape index (κ1) is 15.2. The van der Waals surface area contributed by atoms with E-state index in [4.69, 9.17) is 0 Å². The molecule has 1 fully saturated rings. The Kier molecular flexibility index (Phi) is 4.31. The van der Waals surface area contributed by atoms with Crippen LogP contribution in [0.2, 0.25) is 0 Å². The lowest BCUT2D eigenvalue weighted by Gasteiger charge is -2.15. The van der Waals surface area contributed by atoms with Crippen molar-refractivity contribution in [1.82, 2.24) is 19.9 Å². The van der Waals surface area contributed by atoms with Crippen LogP contribution in [-0.2, 0) is 6.54 Å². The Morgan fingerprint density at radius 3 is 3.00 bits per heavy atom. The highest BCUT2D eigenvalue weighted by Gasteiger charge is 2.31. The van der Waals surface area contributed by atoms with Crippen LogP contribution >= 0.6 is 0 Å². The Morgan fingerprint density at radius 1 is 1.41 bits per heavy atom. The van der Waals surface area contributed by atoms with Gasteiger partial charge in [-0.15, -0.1) is 0 Å². The fourth-order valence-corrected chi connectivity index (χ4v) is 3.27. The van der Waals surface area contributed by atoms with E-state index in [1.165, 1.54) is 6.33 Å². The van der Waals surface area contributed by atoms with E-state index in [1.807, 2.05) is 6.20 Å². The maximum atomic E-state index is 11.7. The van der Waals surface area contributed by atoms with Gasteiger partial charge in [0.05, 0.1) is 17.9 Å². The SMILES string of the molecule is CC(C)CC[C@@H]1CN(Cc2c[nH]c3c(=O)[nH]cnc23)C[C@@H]1O. The number of nitrogens with zero attached hydrogens (tertiary/aromatic N) is 2. The third kappa shape index (κ3) is 3.08. The first-order valence-corrected chi connectivity index (χ1v) is 7.98. The van der Waals surface area contributed by atoms with Gasteiger partial charge in [0.25, 0.3) is 5.56 Å². The molecule has 3 heterocycles. The molecule has 1 aliphatic rings. The number of aliphatic hydroxyl groups is 1. The Bertz CT molecular complexity index is 691. The predicted octanol–water partition coefficient (Wildman–Crippen LogP) is 1.48. The number of hydrogen-bond acceptors (Lipinski definition) is 4. The zero-order valence-electron chi connectivity index (χ0n) is 13.2. The molecule has 3 N–H and O–H groups in total. The largest absolute Gasteiger partial charge is 0.391 e. The van der Waals surface area contributed by atoms with Gasteiger partial charge in [-0.3, -0.25) is 9.69 Å². The van der Waals surface area contributed by atoms with E-state index in [9.17, 15) is 9.90 Å². The quantitative estimate of drug-likeness (QED) is 0.781. The molecule has 0 unspecified atom stereocenters. The molecule has 0 bridgehead atoms. The summed E-state index contributed by atoms with van der Waals surface area (Å²) >= 11 is 0. The lowest BCUT2D eigenvalue weighted by atomic mass is 9.96. The molecule has 0 amide bonds. The number of H-pyrrole nitrogens is 2. The van der Waals surface area contributed by atoms with E-state index >= 15 is 0 Å². The number of aliphatic hydroxyl groups excluding tert-OH is 1. The van der Waals surface area contributed by atoms with Gasteiger partial charge in [0, 0.05) is 31.4 Å². The average Bonchev–Trinajstić information content (AvgIpc) is 3.02. The van der Waals surface area contributed by atoms with Crippen LogP contribution in [0, 0.1) is 11.8 Å². The van der Waals surface area contributed by atoms with Crippen LogP contribution in [0.3, 0.4) is 0 Å². The summed E-state index contributed by atoms with van der Waals surface area (Å²) in [6.45, 7) is 6.75. The molecule has 1 saturated heterocycles. The second-order valence-electron chi connectivity index (χ2n) is 6.76. The second kappa shape index (κ2) is 6.22. The molecule has 0 aliphatic carbocycles. The molecule has 6 heteroatoms. The molecule has 2 aromatic heterocycles. The number of nitrogens with one attached hydrogen (secondary N) is 2. The van der Waals surface area contributed by atoms with Crippen LogP contribution < -0.4 is 5.56 Å². The first-order chi connectivity index (χ1) is 10.5. The maximum absolute atomic E-state index is 11.7. The Balaban J connectivity index is 1.68. The van der Waals surface area contributed by atoms with Gasteiger partial charge >= 0.3 is 0 Å². The highest BCUT2D eigenvalue weighted by Crippen LogP contribution is 2.26. The van der Waals surface area contributed by atoms with Gasteiger partial charge in [0.1, 0.15) is 5.52 Å². The van der Waals surface area contributed by atoms with Gasteiger partial charge in [0.15, 0.2) is 0 Å². The molecule has 2 atom stereocenters. The summed E-state index contributed by atoms with van der Waals surface area (Å²) in [7, 11) is 0. The van der Waals surface area contributed by atoms with E-state index in [-0.39, 0.29) is 11.7 Å². The van der Waals surface area contributed by atoms with Gasteiger partial charge < -0.3 is 15.1 Å². The molecule has 0 spiro atoms. The fourth-order valence-electron chi connectivity index (χ4n) is 3.27. The molecular weight excluding hydrogens is 280 g/mol. The Hall–Kier alpha value is -1.66. The number of rotatable bonds is 5. The first-order valence-electron chi connectivity index (χ1n) is 7.98. The molecule has 0 aromatic carbocycles. The van der Waals surface area contributed by atoms with Crippen LogP contribution in [0.25, 0.3) is 11.0 Å². The smallest absolute Gasteiger partial charge is 0.275 e. The summed E-state index contributed by atoms with van der Waals surface area (Å²) in [6, 6.07) is 0. The van der Waals surface area contributed by atoms with Crippen molar-refractivity contribution in [3.05, 3.63) is 28.4 Å². The summed E-state index contributed by atoms with van der Waals surface area (Å²) in [5.74, 6) is 1.02. The number of aromatic nitrogens is 3. The third-order valence-electron chi connectivity index (χ3n) is 4.54. The van der Waals surface area contributed by atoms with Gasteiger partial charge in [-0.1, -0.05) is 20.3 Å². The molecule has 0 radical (unpaired) electrons. The molecular formula is C16H24N4O2. The molecule has 120 valence electrons. The van der Waals surface area contributed by atoms with Crippen LogP contribution in [0.15, 0.2) is 17.3 Å². The molecule has 22 heavy (non-hydrogen) atoms. The van der Waals surface area contributed by atoms with E-state index in [1.54, 1.807) is 0 Å². The Morgan fingerprint density at radius 2 is 2.23 bits per heavy atom. The van der Waals surface area contributed by atoms with E-state index in [2.05, 4.69) is 33.7 Å².